The molecule has 0 aliphatic heterocycles. The third-order valence-electron chi connectivity index (χ3n) is 3.61. The maximum Gasteiger partial charge on any atom is 0.251 e. The highest BCUT2D eigenvalue weighted by atomic mass is 16.5. The van der Waals surface area contributed by atoms with E-state index in [9.17, 15) is 4.79 Å². The fourth-order valence-corrected chi connectivity index (χ4v) is 2.26. The molecule has 24 heavy (non-hydrogen) atoms. The maximum atomic E-state index is 12.2. The smallest absolute Gasteiger partial charge is 0.251 e. The van der Waals surface area contributed by atoms with Gasteiger partial charge in [0.05, 0.1) is 13.7 Å². The number of ether oxygens (including phenoxy) is 1. The highest BCUT2D eigenvalue weighted by molar-refractivity contribution is 5.95. The SMILES string of the molecule is COc1ccc(-c2noc(CNC(=O)c3ccccc3C)n2)cc1. The van der Waals surface area contributed by atoms with Crippen LogP contribution in [0.25, 0.3) is 11.4 Å². The molecule has 0 aliphatic rings. The Balaban J connectivity index is 1.66. The molecule has 2 aromatic carbocycles. The second-order valence-corrected chi connectivity index (χ2v) is 5.24. The second-order valence-electron chi connectivity index (χ2n) is 5.24. The first-order valence-corrected chi connectivity index (χ1v) is 7.48. The van der Waals surface area contributed by atoms with E-state index in [0.717, 1.165) is 16.9 Å². The number of benzene rings is 2. The maximum absolute atomic E-state index is 12.2. The van der Waals surface area contributed by atoms with Crippen molar-refractivity contribution in [3.63, 3.8) is 0 Å². The van der Waals surface area contributed by atoms with E-state index in [1.54, 1.807) is 13.2 Å². The van der Waals surface area contributed by atoms with E-state index in [1.807, 2.05) is 49.4 Å². The van der Waals surface area contributed by atoms with Crippen molar-refractivity contribution in [3.05, 3.63) is 65.5 Å². The van der Waals surface area contributed by atoms with Gasteiger partial charge in [-0.05, 0) is 42.8 Å². The van der Waals surface area contributed by atoms with Gasteiger partial charge in [0.1, 0.15) is 5.75 Å². The second kappa shape index (κ2) is 6.95. The number of carbonyl (C=O) groups excluding carboxylic acids is 1. The topological polar surface area (TPSA) is 77.3 Å². The van der Waals surface area contributed by atoms with Crippen LogP contribution in [0.4, 0.5) is 0 Å². The summed E-state index contributed by atoms with van der Waals surface area (Å²) in [6, 6.07) is 14.7. The van der Waals surface area contributed by atoms with E-state index in [4.69, 9.17) is 9.26 Å². The van der Waals surface area contributed by atoms with Gasteiger partial charge in [-0.2, -0.15) is 4.98 Å². The number of methoxy groups -OCH3 is 1. The van der Waals surface area contributed by atoms with Gasteiger partial charge in [-0.1, -0.05) is 23.4 Å². The molecule has 6 heteroatoms. The summed E-state index contributed by atoms with van der Waals surface area (Å²) in [7, 11) is 1.61. The van der Waals surface area contributed by atoms with E-state index in [0.29, 0.717) is 17.3 Å². The number of rotatable bonds is 5. The first-order valence-electron chi connectivity index (χ1n) is 7.48. The van der Waals surface area contributed by atoms with Gasteiger partial charge >= 0.3 is 0 Å². The first kappa shape index (κ1) is 15.7. The molecule has 0 atom stereocenters. The predicted molar refractivity (Wildman–Crippen MR) is 88.6 cm³/mol. The number of hydrogen-bond acceptors (Lipinski definition) is 5. The van der Waals surface area contributed by atoms with Crippen LogP contribution in [0, 0.1) is 6.92 Å². The van der Waals surface area contributed by atoms with Gasteiger partial charge in [0.25, 0.3) is 5.91 Å². The Labute approximate surface area is 139 Å². The van der Waals surface area contributed by atoms with Crippen LogP contribution >= 0.6 is 0 Å². The molecular weight excluding hydrogens is 306 g/mol. The van der Waals surface area contributed by atoms with Crippen molar-refractivity contribution in [1.82, 2.24) is 15.5 Å². The van der Waals surface area contributed by atoms with E-state index >= 15 is 0 Å². The van der Waals surface area contributed by atoms with Crippen LogP contribution in [0.5, 0.6) is 5.75 Å². The van der Waals surface area contributed by atoms with Crippen LogP contribution in [0.15, 0.2) is 53.1 Å². The normalized spacial score (nSPS) is 10.4. The van der Waals surface area contributed by atoms with Crippen LogP contribution < -0.4 is 10.1 Å². The lowest BCUT2D eigenvalue weighted by Crippen LogP contribution is -2.23. The van der Waals surface area contributed by atoms with Gasteiger partial charge in [-0.3, -0.25) is 4.79 Å². The minimum Gasteiger partial charge on any atom is -0.497 e. The van der Waals surface area contributed by atoms with Crippen LogP contribution in [0.1, 0.15) is 21.8 Å². The summed E-state index contributed by atoms with van der Waals surface area (Å²) >= 11 is 0. The number of amides is 1. The molecule has 6 nitrogen and oxygen atoms in total. The van der Waals surface area contributed by atoms with Crippen molar-refractivity contribution in [3.8, 4) is 17.1 Å². The molecule has 0 aliphatic carbocycles. The van der Waals surface area contributed by atoms with Crippen LogP contribution in [-0.2, 0) is 6.54 Å². The Morgan fingerprint density at radius 1 is 1.17 bits per heavy atom. The summed E-state index contributed by atoms with van der Waals surface area (Å²) in [6.45, 7) is 2.07. The minimum absolute atomic E-state index is 0.169. The molecule has 0 bridgehead atoms. The average Bonchev–Trinajstić information content (AvgIpc) is 3.09. The molecule has 0 fully saturated rings. The van der Waals surface area contributed by atoms with Crippen molar-refractivity contribution >= 4 is 5.91 Å². The lowest BCUT2D eigenvalue weighted by Gasteiger charge is -2.04. The molecule has 0 radical (unpaired) electrons. The minimum atomic E-state index is -0.169. The Morgan fingerprint density at radius 3 is 2.62 bits per heavy atom. The Morgan fingerprint density at radius 2 is 1.92 bits per heavy atom. The summed E-state index contributed by atoms with van der Waals surface area (Å²) in [5.74, 6) is 1.41. The standard InChI is InChI=1S/C18H17N3O3/c1-12-5-3-4-6-15(12)18(22)19-11-16-20-17(21-24-16)13-7-9-14(23-2)10-8-13/h3-10H,11H2,1-2H3,(H,19,22). The largest absolute Gasteiger partial charge is 0.497 e. The summed E-state index contributed by atoms with van der Waals surface area (Å²) in [4.78, 5) is 16.5. The molecule has 0 spiro atoms. The number of carbonyl (C=O) groups is 1. The van der Waals surface area contributed by atoms with E-state index in [1.165, 1.54) is 0 Å². The fourth-order valence-electron chi connectivity index (χ4n) is 2.26. The molecule has 3 aromatic rings. The molecule has 0 unspecified atom stereocenters. The quantitative estimate of drug-likeness (QED) is 0.781. The summed E-state index contributed by atoms with van der Waals surface area (Å²) < 4.78 is 10.3. The van der Waals surface area contributed by atoms with Crippen molar-refractivity contribution in [1.29, 1.82) is 0 Å². The molecule has 1 heterocycles. The third kappa shape index (κ3) is 3.43. The lowest BCUT2D eigenvalue weighted by molar-refractivity contribution is 0.0945. The van der Waals surface area contributed by atoms with Gasteiger partial charge in [0, 0.05) is 11.1 Å². The van der Waals surface area contributed by atoms with Crippen molar-refractivity contribution in [2.24, 2.45) is 0 Å². The molecule has 1 aromatic heterocycles. The molecule has 1 amide bonds. The van der Waals surface area contributed by atoms with Crippen LogP contribution in [-0.4, -0.2) is 23.2 Å². The number of aromatic nitrogens is 2. The molecule has 122 valence electrons. The summed E-state index contributed by atoms with van der Waals surface area (Å²) in [5, 5.41) is 6.72. The van der Waals surface area contributed by atoms with Crippen molar-refractivity contribution in [2.75, 3.05) is 7.11 Å². The zero-order chi connectivity index (χ0) is 16.9. The highest BCUT2D eigenvalue weighted by Gasteiger charge is 2.12. The first-order chi connectivity index (χ1) is 11.7. The van der Waals surface area contributed by atoms with Crippen LogP contribution in [0.3, 0.4) is 0 Å². The monoisotopic (exact) mass is 323 g/mol. The van der Waals surface area contributed by atoms with Gasteiger partial charge in [0.15, 0.2) is 0 Å². The molecule has 1 N–H and O–H groups in total. The molecule has 0 saturated heterocycles. The Kier molecular flexibility index (Phi) is 4.56. The number of hydrogen-bond donors (Lipinski definition) is 1. The van der Waals surface area contributed by atoms with Gasteiger partial charge in [-0.15, -0.1) is 0 Å². The molecule has 3 rings (SSSR count). The van der Waals surface area contributed by atoms with E-state index < -0.39 is 0 Å². The van der Waals surface area contributed by atoms with Gasteiger partial charge < -0.3 is 14.6 Å². The predicted octanol–water partition coefficient (Wildman–Crippen LogP) is 2.98. The lowest BCUT2D eigenvalue weighted by atomic mass is 10.1. The van der Waals surface area contributed by atoms with Gasteiger partial charge in [-0.25, -0.2) is 0 Å². The average molecular weight is 323 g/mol. The summed E-state index contributed by atoms with van der Waals surface area (Å²) in [6.07, 6.45) is 0. The Hall–Kier alpha value is -3.15. The molecule has 0 saturated carbocycles. The Bertz CT molecular complexity index is 841. The number of nitrogens with zero attached hydrogens (tertiary/aromatic N) is 2. The van der Waals surface area contributed by atoms with Crippen molar-refractivity contribution in [2.45, 2.75) is 13.5 Å². The number of aryl methyl sites for hydroxylation is 1. The summed E-state index contributed by atoms with van der Waals surface area (Å²) in [5.41, 5.74) is 2.36. The third-order valence-corrected chi connectivity index (χ3v) is 3.61. The highest BCUT2D eigenvalue weighted by Crippen LogP contribution is 2.19. The number of nitrogens with one attached hydrogen (secondary N) is 1. The van der Waals surface area contributed by atoms with Crippen molar-refractivity contribution < 1.29 is 14.1 Å². The van der Waals surface area contributed by atoms with Gasteiger partial charge in [0.2, 0.25) is 11.7 Å². The van der Waals surface area contributed by atoms with E-state index in [-0.39, 0.29) is 12.5 Å². The fraction of sp³-hybridized carbons (Fsp3) is 0.167. The van der Waals surface area contributed by atoms with E-state index in [2.05, 4.69) is 15.5 Å². The zero-order valence-corrected chi connectivity index (χ0v) is 13.4. The molecular formula is C18H17N3O3. The van der Waals surface area contributed by atoms with Crippen LogP contribution in [0.2, 0.25) is 0 Å². The zero-order valence-electron chi connectivity index (χ0n) is 13.4.